The van der Waals surface area contributed by atoms with Crippen LogP contribution in [0.1, 0.15) is 68.8 Å². The Hall–Kier alpha value is -1.31. The lowest BCUT2D eigenvalue weighted by Gasteiger charge is -2.13. The van der Waals surface area contributed by atoms with E-state index in [9.17, 15) is 4.79 Å². The fourth-order valence-corrected chi connectivity index (χ4v) is 1.81. The quantitative estimate of drug-likeness (QED) is 0.690. The highest BCUT2D eigenvalue weighted by atomic mass is 16.5. The number of carbonyl (C=O) groups excluding carboxylic acids is 1. The van der Waals surface area contributed by atoms with Crippen molar-refractivity contribution >= 4 is 5.97 Å². The van der Waals surface area contributed by atoms with Gasteiger partial charge in [-0.2, -0.15) is 0 Å². The topological polar surface area (TPSA) is 26.3 Å². The van der Waals surface area contributed by atoms with Gasteiger partial charge in [0.2, 0.25) is 0 Å². The minimum atomic E-state index is -0.214. The fourth-order valence-electron chi connectivity index (χ4n) is 1.81. The van der Waals surface area contributed by atoms with Crippen LogP contribution in [0.5, 0.6) is 0 Å². The molecule has 0 bridgehead atoms. The average Bonchev–Trinajstić information content (AvgIpc) is 2.36. The van der Waals surface area contributed by atoms with Crippen LogP contribution in [0, 0.1) is 0 Å². The van der Waals surface area contributed by atoms with Gasteiger partial charge in [0.25, 0.3) is 0 Å². The van der Waals surface area contributed by atoms with Crippen molar-refractivity contribution in [1.82, 2.24) is 0 Å². The van der Waals surface area contributed by atoms with Crippen LogP contribution in [0.3, 0.4) is 0 Å². The molecular weight excluding hydrogens is 224 g/mol. The third kappa shape index (κ3) is 4.52. The first kappa shape index (κ1) is 14.7. The lowest BCUT2D eigenvalue weighted by Crippen LogP contribution is -2.15. The first-order valence-corrected chi connectivity index (χ1v) is 6.85. The van der Waals surface area contributed by atoms with Gasteiger partial charge in [0, 0.05) is 0 Å². The smallest absolute Gasteiger partial charge is 0.338 e. The van der Waals surface area contributed by atoms with E-state index in [0.29, 0.717) is 11.5 Å². The molecule has 1 aromatic rings. The molecule has 0 fully saturated rings. The number of ether oxygens (including phenoxy) is 1. The lowest BCUT2D eigenvalue weighted by molar-refractivity contribution is 0.0320. The Morgan fingerprint density at radius 3 is 2.28 bits per heavy atom. The van der Waals surface area contributed by atoms with Gasteiger partial charge >= 0.3 is 5.97 Å². The molecule has 0 aliphatic carbocycles. The SMILES string of the molecule is CCCCC(C)OC(=O)c1ccc(C(C)C)cc1. The summed E-state index contributed by atoms with van der Waals surface area (Å²) in [5.41, 5.74) is 1.88. The maximum absolute atomic E-state index is 11.9. The van der Waals surface area contributed by atoms with Crippen LogP contribution in [0.2, 0.25) is 0 Å². The molecular formula is C16H24O2. The zero-order chi connectivity index (χ0) is 13.5. The fraction of sp³-hybridized carbons (Fsp3) is 0.562. The first-order valence-electron chi connectivity index (χ1n) is 6.85. The Labute approximate surface area is 110 Å². The maximum Gasteiger partial charge on any atom is 0.338 e. The largest absolute Gasteiger partial charge is 0.459 e. The van der Waals surface area contributed by atoms with Crippen LogP contribution in [-0.4, -0.2) is 12.1 Å². The van der Waals surface area contributed by atoms with Crippen molar-refractivity contribution in [3.8, 4) is 0 Å². The zero-order valence-corrected chi connectivity index (χ0v) is 11.9. The van der Waals surface area contributed by atoms with Crippen molar-refractivity contribution < 1.29 is 9.53 Å². The van der Waals surface area contributed by atoms with Crippen LogP contribution >= 0.6 is 0 Å². The Morgan fingerprint density at radius 1 is 1.17 bits per heavy atom. The van der Waals surface area contributed by atoms with E-state index in [4.69, 9.17) is 4.74 Å². The summed E-state index contributed by atoms with van der Waals surface area (Å²) in [5, 5.41) is 0. The Kier molecular flexibility index (Phi) is 5.90. The summed E-state index contributed by atoms with van der Waals surface area (Å²) >= 11 is 0. The van der Waals surface area contributed by atoms with Crippen molar-refractivity contribution in [1.29, 1.82) is 0 Å². The van der Waals surface area contributed by atoms with E-state index in [1.165, 1.54) is 5.56 Å². The Balaban J connectivity index is 2.56. The summed E-state index contributed by atoms with van der Waals surface area (Å²) in [6, 6.07) is 7.70. The van der Waals surface area contributed by atoms with Gasteiger partial charge in [0.05, 0.1) is 11.7 Å². The standard InChI is InChI=1S/C16H24O2/c1-5-6-7-13(4)18-16(17)15-10-8-14(9-11-15)12(2)3/h8-13H,5-7H2,1-4H3. The number of rotatable bonds is 6. The summed E-state index contributed by atoms with van der Waals surface area (Å²) in [5.74, 6) is 0.271. The average molecular weight is 248 g/mol. The molecule has 100 valence electrons. The number of hydrogen-bond donors (Lipinski definition) is 0. The zero-order valence-electron chi connectivity index (χ0n) is 11.9. The Bertz CT molecular complexity index is 365. The van der Waals surface area contributed by atoms with Gasteiger partial charge in [-0.3, -0.25) is 0 Å². The molecule has 1 aromatic carbocycles. The van der Waals surface area contributed by atoms with Gasteiger partial charge in [-0.25, -0.2) is 4.79 Å². The number of carbonyl (C=O) groups is 1. The molecule has 18 heavy (non-hydrogen) atoms. The molecule has 0 N–H and O–H groups in total. The van der Waals surface area contributed by atoms with Crippen molar-refractivity contribution in [3.05, 3.63) is 35.4 Å². The van der Waals surface area contributed by atoms with E-state index in [1.54, 1.807) is 0 Å². The second kappa shape index (κ2) is 7.20. The molecule has 0 saturated heterocycles. The molecule has 0 heterocycles. The third-order valence-corrected chi connectivity index (χ3v) is 3.09. The minimum Gasteiger partial charge on any atom is -0.459 e. The first-order chi connectivity index (χ1) is 8.54. The molecule has 2 heteroatoms. The Morgan fingerprint density at radius 2 is 1.78 bits per heavy atom. The molecule has 2 nitrogen and oxygen atoms in total. The molecule has 1 rings (SSSR count). The monoisotopic (exact) mass is 248 g/mol. The highest BCUT2D eigenvalue weighted by Gasteiger charge is 2.11. The molecule has 1 atom stereocenters. The van der Waals surface area contributed by atoms with Gasteiger partial charge < -0.3 is 4.74 Å². The number of hydrogen-bond acceptors (Lipinski definition) is 2. The number of benzene rings is 1. The molecule has 0 aliphatic heterocycles. The van der Waals surface area contributed by atoms with E-state index in [-0.39, 0.29) is 12.1 Å². The predicted molar refractivity (Wildman–Crippen MR) is 74.9 cm³/mol. The molecule has 1 unspecified atom stereocenters. The third-order valence-electron chi connectivity index (χ3n) is 3.09. The molecule has 0 spiro atoms. The van der Waals surface area contributed by atoms with Crippen LogP contribution in [0.25, 0.3) is 0 Å². The van der Waals surface area contributed by atoms with Gasteiger partial charge in [-0.05, 0) is 37.0 Å². The van der Waals surface area contributed by atoms with Gasteiger partial charge in [-0.15, -0.1) is 0 Å². The summed E-state index contributed by atoms with van der Waals surface area (Å²) in [6.07, 6.45) is 3.17. The van der Waals surface area contributed by atoms with Crippen molar-refractivity contribution in [3.63, 3.8) is 0 Å². The van der Waals surface area contributed by atoms with E-state index in [2.05, 4.69) is 20.8 Å². The van der Waals surface area contributed by atoms with Crippen molar-refractivity contribution in [2.45, 2.75) is 59.0 Å². The predicted octanol–water partition coefficient (Wildman–Crippen LogP) is 4.55. The van der Waals surface area contributed by atoms with E-state index < -0.39 is 0 Å². The summed E-state index contributed by atoms with van der Waals surface area (Å²) in [6.45, 7) is 8.37. The van der Waals surface area contributed by atoms with Crippen LogP contribution in [0.4, 0.5) is 0 Å². The summed E-state index contributed by atoms with van der Waals surface area (Å²) in [4.78, 5) is 11.9. The van der Waals surface area contributed by atoms with E-state index in [1.807, 2.05) is 31.2 Å². The number of esters is 1. The van der Waals surface area contributed by atoms with Gasteiger partial charge in [0.1, 0.15) is 0 Å². The molecule has 0 radical (unpaired) electrons. The minimum absolute atomic E-state index is 0.00206. The van der Waals surface area contributed by atoms with E-state index in [0.717, 1.165) is 19.3 Å². The highest BCUT2D eigenvalue weighted by molar-refractivity contribution is 5.89. The van der Waals surface area contributed by atoms with Gasteiger partial charge in [-0.1, -0.05) is 45.7 Å². The van der Waals surface area contributed by atoms with Crippen LogP contribution in [0.15, 0.2) is 24.3 Å². The number of unbranched alkanes of at least 4 members (excludes halogenated alkanes) is 1. The highest BCUT2D eigenvalue weighted by Crippen LogP contribution is 2.16. The normalized spacial score (nSPS) is 12.5. The van der Waals surface area contributed by atoms with Crippen molar-refractivity contribution in [2.75, 3.05) is 0 Å². The lowest BCUT2D eigenvalue weighted by atomic mass is 10.0. The van der Waals surface area contributed by atoms with Crippen LogP contribution < -0.4 is 0 Å². The summed E-state index contributed by atoms with van der Waals surface area (Å²) in [7, 11) is 0. The second-order valence-electron chi connectivity index (χ2n) is 5.13. The van der Waals surface area contributed by atoms with Crippen molar-refractivity contribution in [2.24, 2.45) is 0 Å². The summed E-state index contributed by atoms with van der Waals surface area (Å²) < 4.78 is 5.40. The molecule has 0 aromatic heterocycles. The molecule has 0 aliphatic rings. The second-order valence-corrected chi connectivity index (χ2v) is 5.13. The maximum atomic E-state index is 11.9. The molecule has 0 saturated carbocycles. The van der Waals surface area contributed by atoms with Gasteiger partial charge in [0.15, 0.2) is 0 Å². The molecule has 0 amide bonds. The van der Waals surface area contributed by atoms with Crippen LogP contribution in [-0.2, 0) is 4.74 Å². The van der Waals surface area contributed by atoms with E-state index >= 15 is 0 Å².